The Morgan fingerprint density at radius 3 is 2.58 bits per heavy atom. The number of nitrogens with one attached hydrogen (secondary N) is 1. The molecule has 0 aliphatic heterocycles. The standard InChI is InChI=1S/C20H16F5N3O3/c1-30-16-11-28(14-6-3-5-13(9-14)20(23,24)25)27-17(16)18(29)26-10-12-4-2-7-15(8-12)31-19(21)22/h2-9,11,19H,10H2,1H3,(H,26,29). The number of methoxy groups -OCH3 is 1. The number of amides is 1. The van der Waals surface area contributed by atoms with Crippen LogP contribution in [0.15, 0.2) is 54.7 Å². The van der Waals surface area contributed by atoms with Crippen molar-refractivity contribution in [2.24, 2.45) is 0 Å². The molecule has 2 aromatic carbocycles. The SMILES string of the molecule is COc1cn(-c2cccc(C(F)(F)F)c2)nc1C(=O)NCc1cccc(OC(F)F)c1. The van der Waals surface area contributed by atoms with Crippen LogP contribution in [-0.2, 0) is 12.7 Å². The molecule has 31 heavy (non-hydrogen) atoms. The first-order valence-electron chi connectivity index (χ1n) is 8.80. The van der Waals surface area contributed by atoms with Crippen molar-refractivity contribution in [2.45, 2.75) is 19.3 Å². The topological polar surface area (TPSA) is 65.4 Å². The number of aromatic nitrogens is 2. The van der Waals surface area contributed by atoms with Gasteiger partial charge >= 0.3 is 12.8 Å². The van der Waals surface area contributed by atoms with Gasteiger partial charge < -0.3 is 14.8 Å². The van der Waals surface area contributed by atoms with Crippen molar-refractivity contribution < 1.29 is 36.2 Å². The molecule has 3 aromatic rings. The van der Waals surface area contributed by atoms with E-state index in [9.17, 15) is 26.7 Å². The van der Waals surface area contributed by atoms with Crippen LogP contribution in [0.4, 0.5) is 22.0 Å². The largest absolute Gasteiger partial charge is 0.493 e. The third-order valence-corrected chi connectivity index (χ3v) is 4.13. The molecule has 1 amide bonds. The molecule has 0 bridgehead atoms. The van der Waals surface area contributed by atoms with Crippen molar-refractivity contribution in [3.05, 3.63) is 71.5 Å². The molecule has 0 fully saturated rings. The zero-order valence-electron chi connectivity index (χ0n) is 16.0. The number of ether oxygens (including phenoxy) is 2. The molecule has 0 aliphatic carbocycles. The van der Waals surface area contributed by atoms with Crippen molar-refractivity contribution in [2.75, 3.05) is 7.11 Å². The quantitative estimate of drug-likeness (QED) is 0.551. The summed E-state index contributed by atoms with van der Waals surface area (Å²) >= 11 is 0. The number of carbonyl (C=O) groups excluding carboxylic acids is 1. The van der Waals surface area contributed by atoms with E-state index < -0.39 is 24.3 Å². The van der Waals surface area contributed by atoms with Gasteiger partial charge in [-0.15, -0.1) is 0 Å². The van der Waals surface area contributed by atoms with Gasteiger partial charge in [0, 0.05) is 6.54 Å². The summed E-state index contributed by atoms with van der Waals surface area (Å²) in [7, 11) is 1.29. The van der Waals surface area contributed by atoms with Crippen molar-refractivity contribution >= 4 is 5.91 Å². The van der Waals surface area contributed by atoms with E-state index >= 15 is 0 Å². The lowest BCUT2D eigenvalue weighted by Gasteiger charge is -2.08. The number of alkyl halides is 5. The van der Waals surface area contributed by atoms with Gasteiger partial charge in [0.1, 0.15) is 5.75 Å². The zero-order valence-corrected chi connectivity index (χ0v) is 16.0. The summed E-state index contributed by atoms with van der Waals surface area (Å²) in [6.45, 7) is -3.01. The molecule has 1 heterocycles. The number of nitrogens with zero attached hydrogens (tertiary/aromatic N) is 2. The van der Waals surface area contributed by atoms with Gasteiger partial charge in [0.25, 0.3) is 5.91 Å². The summed E-state index contributed by atoms with van der Waals surface area (Å²) in [5.74, 6) is -0.680. The summed E-state index contributed by atoms with van der Waals surface area (Å²) in [6.07, 6.45) is -3.25. The Hall–Kier alpha value is -3.63. The van der Waals surface area contributed by atoms with E-state index in [2.05, 4.69) is 15.2 Å². The molecule has 164 valence electrons. The van der Waals surface area contributed by atoms with Crippen LogP contribution in [-0.4, -0.2) is 29.4 Å². The van der Waals surface area contributed by atoms with Crippen molar-refractivity contribution in [1.82, 2.24) is 15.1 Å². The summed E-state index contributed by atoms with van der Waals surface area (Å²) in [5, 5.41) is 6.59. The minimum Gasteiger partial charge on any atom is -0.493 e. The molecular weight excluding hydrogens is 425 g/mol. The van der Waals surface area contributed by atoms with Crippen LogP contribution in [0.1, 0.15) is 21.6 Å². The van der Waals surface area contributed by atoms with E-state index in [1.54, 1.807) is 6.07 Å². The Kier molecular flexibility index (Phi) is 6.42. The minimum absolute atomic E-state index is 0.0289. The zero-order chi connectivity index (χ0) is 22.6. The molecule has 0 saturated heterocycles. The maximum absolute atomic E-state index is 13.0. The van der Waals surface area contributed by atoms with Crippen LogP contribution in [0.5, 0.6) is 11.5 Å². The van der Waals surface area contributed by atoms with E-state index in [0.717, 1.165) is 16.8 Å². The van der Waals surface area contributed by atoms with Crippen LogP contribution in [0, 0.1) is 0 Å². The predicted octanol–water partition coefficient (Wildman–Crippen LogP) is 4.43. The molecule has 6 nitrogen and oxygen atoms in total. The Bertz CT molecular complexity index is 1070. The van der Waals surface area contributed by atoms with Crippen LogP contribution >= 0.6 is 0 Å². The van der Waals surface area contributed by atoms with E-state index in [4.69, 9.17) is 4.74 Å². The molecule has 0 radical (unpaired) electrons. The lowest BCUT2D eigenvalue weighted by atomic mass is 10.2. The maximum atomic E-state index is 13.0. The summed E-state index contributed by atoms with van der Waals surface area (Å²) in [5.41, 5.74) is -0.442. The normalized spacial score (nSPS) is 11.5. The van der Waals surface area contributed by atoms with Gasteiger partial charge in [-0.05, 0) is 35.9 Å². The van der Waals surface area contributed by atoms with Crippen LogP contribution < -0.4 is 14.8 Å². The molecule has 0 atom stereocenters. The third-order valence-electron chi connectivity index (χ3n) is 4.13. The van der Waals surface area contributed by atoms with Gasteiger partial charge in [0.2, 0.25) is 0 Å². The van der Waals surface area contributed by atoms with Gasteiger partial charge in [-0.1, -0.05) is 18.2 Å². The van der Waals surface area contributed by atoms with Crippen LogP contribution in [0.2, 0.25) is 0 Å². The number of carbonyl (C=O) groups is 1. The maximum Gasteiger partial charge on any atom is 0.416 e. The smallest absolute Gasteiger partial charge is 0.416 e. The second kappa shape index (κ2) is 9.02. The fourth-order valence-corrected chi connectivity index (χ4v) is 2.72. The molecule has 0 unspecified atom stereocenters. The number of halogens is 5. The number of hydrogen-bond donors (Lipinski definition) is 1. The number of rotatable bonds is 7. The summed E-state index contributed by atoms with van der Waals surface area (Å²) < 4.78 is 74.0. The molecular formula is C20H16F5N3O3. The van der Waals surface area contributed by atoms with E-state index in [1.165, 1.54) is 43.6 Å². The Labute approximate surface area is 173 Å². The molecule has 0 spiro atoms. The van der Waals surface area contributed by atoms with Crippen molar-refractivity contribution in [3.8, 4) is 17.2 Å². The molecule has 0 aliphatic rings. The Morgan fingerprint density at radius 2 is 1.90 bits per heavy atom. The highest BCUT2D eigenvalue weighted by Gasteiger charge is 2.30. The minimum atomic E-state index is -4.53. The number of benzene rings is 2. The van der Waals surface area contributed by atoms with Gasteiger partial charge in [-0.3, -0.25) is 4.79 Å². The second-order valence-electron chi connectivity index (χ2n) is 6.25. The fourth-order valence-electron chi connectivity index (χ4n) is 2.72. The Balaban J connectivity index is 1.78. The highest BCUT2D eigenvalue weighted by molar-refractivity contribution is 5.94. The monoisotopic (exact) mass is 441 g/mol. The fraction of sp³-hybridized carbons (Fsp3) is 0.200. The molecule has 1 N–H and O–H groups in total. The van der Waals surface area contributed by atoms with Gasteiger partial charge in [-0.25, -0.2) is 4.68 Å². The first-order chi connectivity index (χ1) is 14.7. The number of hydrogen-bond acceptors (Lipinski definition) is 4. The second-order valence-corrected chi connectivity index (χ2v) is 6.25. The molecule has 1 aromatic heterocycles. The van der Waals surface area contributed by atoms with Gasteiger partial charge in [-0.2, -0.15) is 27.1 Å². The summed E-state index contributed by atoms with van der Waals surface area (Å²) in [4.78, 5) is 12.5. The first-order valence-corrected chi connectivity index (χ1v) is 8.80. The lowest BCUT2D eigenvalue weighted by molar-refractivity contribution is -0.137. The van der Waals surface area contributed by atoms with Crippen molar-refractivity contribution in [1.29, 1.82) is 0 Å². The first kappa shape index (κ1) is 22.1. The van der Waals surface area contributed by atoms with E-state index in [-0.39, 0.29) is 29.4 Å². The average molecular weight is 441 g/mol. The van der Waals surface area contributed by atoms with E-state index in [0.29, 0.717) is 5.56 Å². The van der Waals surface area contributed by atoms with Crippen molar-refractivity contribution in [3.63, 3.8) is 0 Å². The Morgan fingerprint density at radius 1 is 1.16 bits per heavy atom. The molecule has 11 heteroatoms. The predicted molar refractivity (Wildman–Crippen MR) is 99.4 cm³/mol. The highest BCUT2D eigenvalue weighted by atomic mass is 19.4. The van der Waals surface area contributed by atoms with E-state index in [1.807, 2.05) is 0 Å². The van der Waals surface area contributed by atoms with Crippen LogP contribution in [0.3, 0.4) is 0 Å². The average Bonchev–Trinajstić information content (AvgIpc) is 3.16. The van der Waals surface area contributed by atoms with Gasteiger partial charge in [0.05, 0.1) is 24.6 Å². The molecule has 3 rings (SSSR count). The third kappa shape index (κ3) is 5.50. The van der Waals surface area contributed by atoms with Crippen LogP contribution in [0.25, 0.3) is 5.69 Å². The lowest BCUT2D eigenvalue weighted by Crippen LogP contribution is -2.24. The highest BCUT2D eigenvalue weighted by Crippen LogP contribution is 2.30. The summed E-state index contributed by atoms with van der Waals surface area (Å²) in [6, 6.07) is 10.2. The van der Waals surface area contributed by atoms with Gasteiger partial charge in [0.15, 0.2) is 11.4 Å². The molecule has 0 saturated carbocycles.